The zero-order chi connectivity index (χ0) is 21.6. The van der Waals surface area contributed by atoms with Crippen LogP contribution >= 0.6 is 0 Å². The summed E-state index contributed by atoms with van der Waals surface area (Å²) >= 11 is 0. The minimum atomic E-state index is -3.33. The van der Waals surface area contributed by atoms with Gasteiger partial charge in [-0.2, -0.15) is 4.31 Å². The van der Waals surface area contributed by atoms with Gasteiger partial charge in [-0.15, -0.1) is 0 Å². The second-order valence-electron chi connectivity index (χ2n) is 6.77. The Morgan fingerprint density at radius 2 is 1.72 bits per heavy atom. The number of hydrogen-bond acceptors (Lipinski definition) is 6. The van der Waals surface area contributed by atoms with E-state index in [2.05, 4.69) is 0 Å². The lowest BCUT2D eigenvalue weighted by atomic mass is 10.1. The Balaban J connectivity index is 2.13. The molecule has 0 saturated carbocycles. The van der Waals surface area contributed by atoms with Gasteiger partial charge in [-0.05, 0) is 12.1 Å². The minimum Gasteiger partial charge on any atom is -0.369 e. The minimum absolute atomic E-state index is 0.176. The second-order valence-corrected chi connectivity index (χ2v) is 8.75. The number of carbonyl (C=O) groups excluding carboxylic acids is 3. The van der Waals surface area contributed by atoms with Crippen molar-refractivity contribution < 1.29 is 27.5 Å². The van der Waals surface area contributed by atoms with Gasteiger partial charge < -0.3 is 20.3 Å². The molecule has 1 saturated heterocycles. The molecule has 29 heavy (non-hydrogen) atoms. The summed E-state index contributed by atoms with van der Waals surface area (Å²) in [6.07, 6.45) is 1.12. The second kappa shape index (κ2) is 9.81. The van der Waals surface area contributed by atoms with Crippen LogP contribution in [0.4, 0.5) is 0 Å². The lowest BCUT2D eigenvalue weighted by molar-refractivity contribution is -0.140. The fraction of sp³-hybridized carbons (Fsp3) is 0.500. The summed E-state index contributed by atoms with van der Waals surface area (Å²) in [6.45, 7) is 0.172. The molecule has 2 rings (SSSR count). The van der Waals surface area contributed by atoms with Crippen molar-refractivity contribution in [1.29, 1.82) is 0 Å². The summed E-state index contributed by atoms with van der Waals surface area (Å²) in [6, 6.07) is 7.49. The van der Waals surface area contributed by atoms with E-state index in [-0.39, 0.29) is 51.2 Å². The van der Waals surface area contributed by atoms with Crippen LogP contribution in [0.1, 0.15) is 10.4 Å². The number of sulfonamides is 1. The van der Waals surface area contributed by atoms with Crippen LogP contribution in [-0.2, 0) is 24.3 Å². The molecule has 2 N–H and O–H groups in total. The predicted molar refractivity (Wildman–Crippen MR) is 105 cm³/mol. The van der Waals surface area contributed by atoms with E-state index in [0.717, 1.165) is 6.26 Å². The molecule has 0 aromatic heterocycles. The van der Waals surface area contributed by atoms with Crippen LogP contribution in [0.25, 0.3) is 0 Å². The number of nitrogens with two attached hydrogens (primary N) is 1. The average molecular weight is 426 g/mol. The standard InChI is InChI=1S/C18H26N4O6S/c1-20(17(24)14-6-4-3-5-7-14)15(12-28-13-16(19)23)18(25)21-8-10-22(11-9-21)29(2,26)27/h3-7,15H,8-13H2,1-2H3,(H2,19,23)/t15-/m0/s1. The third-order valence-electron chi connectivity index (χ3n) is 4.63. The van der Waals surface area contributed by atoms with E-state index in [0.29, 0.717) is 5.56 Å². The summed E-state index contributed by atoms with van der Waals surface area (Å²) < 4.78 is 29.9. The number of piperazine rings is 1. The quantitative estimate of drug-likeness (QED) is 0.552. The zero-order valence-corrected chi connectivity index (χ0v) is 17.3. The van der Waals surface area contributed by atoms with E-state index in [4.69, 9.17) is 10.5 Å². The van der Waals surface area contributed by atoms with Crippen LogP contribution in [0.2, 0.25) is 0 Å². The molecule has 1 aromatic rings. The van der Waals surface area contributed by atoms with Crippen molar-refractivity contribution in [2.45, 2.75) is 6.04 Å². The van der Waals surface area contributed by atoms with Gasteiger partial charge in [0.15, 0.2) is 0 Å². The molecule has 1 aliphatic heterocycles. The fourth-order valence-corrected chi connectivity index (χ4v) is 3.82. The summed E-state index contributed by atoms with van der Waals surface area (Å²) in [4.78, 5) is 39.6. The number of nitrogens with zero attached hydrogens (tertiary/aromatic N) is 3. The first-order chi connectivity index (χ1) is 13.6. The Morgan fingerprint density at radius 1 is 1.14 bits per heavy atom. The highest BCUT2D eigenvalue weighted by molar-refractivity contribution is 7.88. The maximum atomic E-state index is 13.1. The van der Waals surface area contributed by atoms with Gasteiger partial charge in [-0.1, -0.05) is 18.2 Å². The number of benzene rings is 1. The number of likely N-dealkylation sites (N-methyl/N-ethyl adjacent to an activating group) is 1. The van der Waals surface area contributed by atoms with Crippen molar-refractivity contribution in [1.82, 2.24) is 14.1 Å². The molecule has 0 unspecified atom stereocenters. The van der Waals surface area contributed by atoms with Crippen molar-refractivity contribution in [2.75, 3.05) is 52.7 Å². The van der Waals surface area contributed by atoms with E-state index in [1.807, 2.05) is 0 Å². The predicted octanol–water partition coefficient (Wildman–Crippen LogP) is -1.27. The number of ether oxygens (including phenoxy) is 1. The first kappa shape index (κ1) is 22.8. The van der Waals surface area contributed by atoms with Gasteiger partial charge >= 0.3 is 0 Å². The number of hydrogen-bond donors (Lipinski definition) is 1. The van der Waals surface area contributed by atoms with Crippen LogP contribution in [0, 0.1) is 0 Å². The van der Waals surface area contributed by atoms with Crippen LogP contribution < -0.4 is 5.73 Å². The molecule has 0 aliphatic carbocycles. The molecule has 0 radical (unpaired) electrons. The van der Waals surface area contributed by atoms with Crippen molar-refractivity contribution in [2.24, 2.45) is 5.73 Å². The van der Waals surface area contributed by atoms with Crippen LogP contribution in [0.15, 0.2) is 30.3 Å². The van der Waals surface area contributed by atoms with Crippen molar-refractivity contribution in [3.8, 4) is 0 Å². The summed E-state index contributed by atoms with van der Waals surface area (Å²) in [7, 11) is -1.85. The van der Waals surface area contributed by atoms with Gasteiger partial charge in [0, 0.05) is 38.8 Å². The average Bonchev–Trinajstić information content (AvgIpc) is 2.69. The SMILES string of the molecule is CN(C(=O)c1ccccc1)[C@@H](COCC(N)=O)C(=O)N1CCN(S(C)(=O)=O)CC1. The monoisotopic (exact) mass is 426 g/mol. The maximum Gasteiger partial charge on any atom is 0.254 e. The van der Waals surface area contributed by atoms with Gasteiger partial charge in [0.1, 0.15) is 12.6 Å². The highest BCUT2D eigenvalue weighted by atomic mass is 32.2. The van der Waals surface area contributed by atoms with Gasteiger partial charge in [0.2, 0.25) is 21.8 Å². The molecule has 0 bridgehead atoms. The summed E-state index contributed by atoms with van der Waals surface area (Å²) in [5.74, 6) is -1.44. The molecule has 1 fully saturated rings. The molecule has 1 heterocycles. The van der Waals surface area contributed by atoms with E-state index >= 15 is 0 Å². The molecule has 1 atom stereocenters. The molecule has 1 aromatic carbocycles. The number of rotatable bonds is 8. The highest BCUT2D eigenvalue weighted by Gasteiger charge is 2.34. The third kappa shape index (κ3) is 6.24. The van der Waals surface area contributed by atoms with E-state index < -0.39 is 22.0 Å². The Labute approximate surface area is 170 Å². The van der Waals surface area contributed by atoms with Crippen molar-refractivity contribution in [3.05, 3.63) is 35.9 Å². The van der Waals surface area contributed by atoms with E-state index in [1.165, 1.54) is 21.2 Å². The third-order valence-corrected chi connectivity index (χ3v) is 5.94. The van der Waals surface area contributed by atoms with E-state index in [1.54, 1.807) is 30.3 Å². The van der Waals surface area contributed by atoms with Crippen molar-refractivity contribution >= 4 is 27.7 Å². The topological polar surface area (TPSA) is 130 Å². The van der Waals surface area contributed by atoms with Crippen LogP contribution in [0.3, 0.4) is 0 Å². The normalized spacial score (nSPS) is 16.3. The molecular weight excluding hydrogens is 400 g/mol. The van der Waals surface area contributed by atoms with Gasteiger partial charge in [0.05, 0.1) is 12.9 Å². The Bertz CT molecular complexity index is 837. The molecule has 3 amide bonds. The van der Waals surface area contributed by atoms with Gasteiger partial charge in [-0.3, -0.25) is 14.4 Å². The smallest absolute Gasteiger partial charge is 0.254 e. The first-order valence-electron chi connectivity index (χ1n) is 9.03. The maximum absolute atomic E-state index is 13.1. The lowest BCUT2D eigenvalue weighted by Crippen LogP contribution is -2.57. The molecule has 11 heteroatoms. The first-order valence-corrected chi connectivity index (χ1v) is 10.9. The molecular formula is C18H26N4O6S. The largest absolute Gasteiger partial charge is 0.369 e. The van der Waals surface area contributed by atoms with Crippen LogP contribution in [0.5, 0.6) is 0 Å². The molecule has 10 nitrogen and oxygen atoms in total. The fourth-order valence-electron chi connectivity index (χ4n) is 3.00. The number of carbonyl (C=O) groups is 3. The van der Waals surface area contributed by atoms with E-state index in [9.17, 15) is 22.8 Å². The van der Waals surface area contributed by atoms with Crippen LogP contribution in [-0.4, -0.2) is 99.0 Å². The summed E-state index contributed by atoms with van der Waals surface area (Å²) in [5.41, 5.74) is 5.49. The Kier molecular flexibility index (Phi) is 7.71. The van der Waals surface area contributed by atoms with Crippen molar-refractivity contribution in [3.63, 3.8) is 0 Å². The molecule has 1 aliphatic rings. The number of amides is 3. The molecule has 0 spiro atoms. The number of primary amides is 1. The van der Waals surface area contributed by atoms with Gasteiger partial charge in [-0.25, -0.2) is 8.42 Å². The molecule has 160 valence electrons. The Morgan fingerprint density at radius 3 is 2.24 bits per heavy atom. The lowest BCUT2D eigenvalue weighted by Gasteiger charge is -2.37. The summed E-state index contributed by atoms with van der Waals surface area (Å²) in [5, 5.41) is 0. The van der Waals surface area contributed by atoms with Gasteiger partial charge in [0.25, 0.3) is 5.91 Å². The Hall–Kier alpha value is -2.50. The zero-order valence-electron chi connectivity index (χ0n) is 16.5. The highest BCUT2D eigenvalue weighted by Crippen LogP contribution is 2.13.